The van der Waals surface area contributed by atoms with Crippen molar-refractivity contribution in [2.24, 2.45) is 11.7 Å². The molecule has 0 aromatic carbocycles. The van der Waals surface area contributed by atoms with E-state index >= 15 is 0 Å². The van der Waals surface area contributed by atoms with Gasteiger partial charge in [-0.15, -0.1) is 0 Å². The number of rotatable bonds is 3. The molecule has 0 bridgehead atoms. The van der Waals surface area contributed by atoms with E-state index in [2.05, 4.69) is 4.90 Å². The molecule has 0 saturated carbocycles. The molecular weight excluding hydrogens is 300 g/mol. The molecule has 1 unspecified atom stereocenters. The highest BCUT2D eigenvalue weighted by molar-refractivity contribution is 5.86. The van der Waals surface area contributed by atoms with Crippen molar-refractivity contribution in [2.75, 3.05) is 52.5 Å². The Bertz CT molecular complexity index is 504. The number of carbonyl (C=O) groups is 3. The minimum Gasteiger partial charge on any atom is -0.379 e. The van der Waals surface area contributed by atoms with Crippen LogP contribution in [-0.4, -0.2) is 90.4 Å². The highest BCUT2D eigenvalue weighted by atomic mass is 16.5. The van der Waals surface area contributed by atoms with Crippen molar-refractivity contribution in [1.82, 2.24) is 14.7 Å². The van der Waals surface area contributed by atoms with Crippen LogP contribution in [0.4, 0.5) is 0 Å². The van der Waals surface area contributed by atoms with E-state index in [1.165, 1.54) is 6.92 Å². The van der Waals surface area contributed by atoms with Crippen molar-refractivity contribution < 1.29 is 19.1 Å². The van der Waals surface area contributed by atoms with Crippen LogP contribution in [0.3, 0.4) is 0 Å². The molecule has 0 spiro atoms. The second-order valence-electron chi connectivity index (χ2n) is 6.63. The van der Waals surface area contributed by atoms with E-state index in [1.54, 1.807) is 4.90 Å². The van der Waals surface area contributed by atoms with Gasteiger partial charge in [-0.3, -0.25) is 19.3 Å². The molecule has 8 nitrogen and oxygen atoms in total. The Morgan fingerprint density at radius 1 is 1.09 bits per heavy atom. The number of amides is 3. The van der Waals surface area contributed by atoms with Gasteiger partial charge in [0.05, 0.1) is 12.5 Å². The lowest BCUT2D eigenvalue weighted by molar-refractivity contribution is -0.149. The van der Waals surface area contributed by atoms with Gasteiger partial charge in [0, 0.05) is 59.2 Å². The first kappa shape index (κ1) is 16.2. The summed E-state index contributed by atoms with van der Waals surface area (Å²) < 4.78 is 5.39. The van der Waals surface area contributed by atoms with Crippen LogP contribution in [0.2, 0.25) is 0 Å². The van der Waals surface area contributed by atoms with Crippen molar-refractivity contribution in [1.29, 1.82) is 0 Å². The number of hydrogen-bond acceptors (Lipinski definition) is 5. The van der Waals surface area contributed by atoms with E-state index in [0.29, 0.717) is 58.9 Å². The molecule has 0 aromatic rings. The first-order valence-electron chi connectivity index (χ1n) is 8.11. The molecule has 1 atom stereocenters. The Morgan fingerprint density at radius 2 is 1.74 bits per heavy atom. The van der Waals surface area contributed by atoms with Gasteiger partial charge in [-0.05, 0) is 0 Å². The minimum absolute atomic E-state index is 0.0171. The number of primary amides is 1. The Hall–Kier alpha value is -1.67. The number of nitrogens with zero attached hydrogens (tertiary/aromatic N) is 3. The summed E-state index contributed by atoms with van der Waals surface area (Å²) in [7, 11) is 0. The second kappa shape index (κ2) is 6.09. The van der Waals surface area contributed by atoms with Crippen LogP contribution >= 0.6 is 0 Å². The first-order chi connectivity index (χ1) is 10.9. The molecule has 3 saturated heterocycles. The lowest BCUT2D eigenvalue weighted by Gasteiger charge is -2.45. The second-order valence-corrected chi connectivity index (χ2v) is 6.63. The van der Waals surface area contributed by atoms with Crippen LogP contribution < -0.4 is 5.73 Å². The van der Waals surface area contributed by atoms with Crippen LogP contribution in [0.5, 0.6) is 0 Å². The van der Waals surface area contributed by atoms with Gasteiger partial charge in [0.25, 0.3) is 0 Å². The number of nitrogens with two attached hydrogens (primary N) is 1. The van der Waals surface area contributed by atoms with Crippen molar-refractivity contribution in [2.45, 2.75) is 18.9 Å². The van der Waals surface area contributed by atoms with E-state index in [0.717, 1.165) is 0 Å². The quantitative estimate of drug-likeness (QED) is 0.664. The fourth-order valence-electron chi connectivity index (χ4n) is 3.66. The molecule has 3 fully saturated rings. The summed E-state index contributed by atoms with van der Waals surface area (Å²) in [5, 5.41) is 0. The number of piperazine rings is 1. The topological polar surface area (TPSA) is 96.2 Å². The fraction of sp³-hybridized carbons (Fsp3) is 0.800. The lowest BCUT2D eigenvalue weighted by atomic mass is 9.93. The molecule has 0 radical (unpaired) electrons. The fourth-order valence-corrected chi connectivity index (χ4v) is 3.66. The number of carbonyl (C=O) groups excluding carboxylic acids is 3. The van der Waals surface area contributed by atoms with Crippen molar-refractivity contribution in [3.05, 3.63) is 0 Å². The third-order valence-corrected chi connectivity index (χ3v) is 5.33. The molecule has 0 aromatic heterocycles. The molecular formula is C15H24N4O4. The van der Waals surface area contributed by atoms with Crippen LogP contribution in [0, 0.1) is 5.92 Å². The summed E-state index contributed by atoms with van der Waals surface area (Å²) in [6, 6.07) is 0. The molecule has 2 N–H and O–H groups in total. The smallest absolute Gasteiger partial charge is 0.240 e. The Balaban J connectivity index is 1.53. The molecule has 3 aliphatic heterocycles. The lowest BCUT2D eigenvalue weighted by Crippen LogP contribution is -2.65. The van der Waals surface area contributed by atoms with Crippen molar-refractivity contribution in [3.8, 4) is 0 Å². The van der Waals surface area contributed by atoms with Crippen LogP contribution in [0.15, 0.2) is 0 Å². The van der Waals surface area contributed by atoms with Gasteiger partial charge in [0.15, 0.2) is 0 Å². The van der Waals surface area contributed by atoms with Gasteiger partial charge in [0.2, 0.25) is 17.7 Å². The van der Waals surface area contributed by atoms with Crippen molar-refractivity contribution >= 4 is 17.7 Å². The average molecular weight is 324 g/mol. The summed E-state index contributed by atoms with van der Waals surface area (Å²) in [5.74, 6) is -0.294. The third kappa shape index (κ3) is 2.81. The minimum atomic E-state index is -0.711. The molecule has 8 heteroatoms. The summed E-state index contributed by atoms with van der Waals surface area (Å²) in [6.07, 6.45) is 0.618. The predicted octanol–water partition coefficient (Wildman–Crippen LogP) is -1.75. The van der Waals surface area contributed by atoms with Gasteiger partial charge < -0.3 is 20.3 Å². The summed E-state index contributed by atoms with van der Waals surface area (Å²) in [4.78, 5) is 41.1. The number of hydrogen-bond donors (Lipinski definition) is 1. The van der Waals surface area contributed by atoms with Gasteiger partial charge in [-0.25, -0.2) is 0 Å². The molecule has 23 heavy (non-hydrogen) atoms. The maximum absolute atomic E-state index is 12.4. The Labute approximate surface area is 135 Å². The van der Waals surface area contributed by atoms with E-state index in [-0.39, 0.29) is 23.6 Å². The van der Waals surface area contributed by atoms with Crippen LogP contribution in [-0.2, 0) is 19.1 Å². The van der Waals surface area contributed by atoms with E-state index < -0.39 is 5.54 Å². The molecule has 0 aliphatic carbocycles. The predicted molar refractivity (Wildman–Crippen MR) is 81.3 cm³/mol. The number of ether oxygens (including phenoxy) is 1. The van der Waals surface area contributed by atoms with E-state index in [1.807, 2.05) is 4.90 Å². The number of likely N-dealkylation sites (tertiary alicyclic amines) is 1. The van der Waals surface area contributed by atoms with Crippen LogP contribution in [0.1, 0.15) is 13.3 Å². The normalized spacial score (nSPS) is 29.4. The third-order valence-electron chi connectivity index (χ3n) is 5.33. The largest absolute Gasteiger partial charge is 0.379 e. The SMILES string of the molecule is CC(=O)N1CC(C(=O)N2CCN(C3(C(N)=O)CCOC3)CC2)C1. The Morgan fingerprint density at radius 3 is 2.22 bits per heavy atom. The summed E-state index contributed by atoms with van der Waals surface area (Å²) >= 11 is 0. The molecule has 3 amide bonds. The average Bonchev–Trinajstić information content (AvgIpc) is 2.96. The van der Waals surface area contributed by atoms with Crippen LogP contribution in [0.25, 0.3) is 0 Å². The summed E-state index contributed by atoms with van der Waals surface area (Å²) in [5.41, 5.74) is 4.89. The Kier molecular flexibility index (Phi) is 4.29. The standard InChI is InChI=1S/C15H24N4O4/c1-11(20)18-8-12(9-18)13(21)17-3-5-19(6-4-17)15(14(16)22)2-7-23-10-15/h12H,2-10H2,1H3,(H2,16,22). The van der Waals surface area contributed by atoms with Gasteiger partial charge in [0.1, 0.15) is 5.54 Å². The zero-order chi connectivity index (χ0) is 16.6. The molecule has 128 valence electrons. The monoisotopic (exact) mass is 324 g/mol. The highest BCUT2D eigenvalue weighted by Gasteiger charge is 2.47. The van der Waals surface area contributed by atoms with Crippen molar-refractivity contribution in [3.63, 3.8) is 0 Å². The van der Waals surface area contributed by atoms with Gasteiger partial charge in [-0.1, -0.05) is 0 Å². The molecule has 3 aliphatic rings. The summed E-state index contributed by atoms with van der Waals surface area (Å²) in [6.45, 7) is 5.88. The van der Waals surface area contributed by atoms with E-state index in [9.17, 15) is 14.4 Å². The highest BCUT2D eigenvalue weighted by Crippen LogP contribution is 2.28. The zero-order valence-electron chi connectivity index (χ0n) is 13.5. The molecule has 3 rings (SSSR count). The van der Waals surface area contributed by atoms with Gasteiger partial charge >= 0.3 is 0 Å². The maximum atomic E-state index is 12.4. The first-order valence-corrected chi connectivity index (χ1v) is 8.11. The zero-order valence-corrected chi connectivity index (χ0v) is 13.5. The van der Waals surface area contributed by atoms with E-state index in [4.69, 9.17) is 10.5 Å². The van der Waals surface area contributed by atoms with Gasteiger partial charge in [-0.2, -0.15) is 0 Å². The maximum Gasteiger partial charge on any atom is 0.240 e. The molecule has 3 heterocycles.